The average molecular weight is 271 g/mol. The first kappa shape index (κ1) is 13.2. The monoisotopic (exact) mass is 271 g/mol. The Kier molecular flexibility index (Phi) is 3.79. The lowest BCUT2D eigenvalue weighted by molar-refractivity contribution is -0.147. The van der Waals surface area contributed by atoms with Crippen molar-refractivity contribution in [3.8, 4) is 0 Å². The quantitative estimate of drug-likeness (QED) is 0.519. The zero-order valence-electron chi connectivity index (χ0n) is 8.04. The van der Waals surface area contributed by atoms with Gasteiger partial charge in [0.1, 0.15) is 11.3 Å². The van der Waals surface area contributed by atoms with E-state index in [2.05, 4.69) is 12.6 Å². The van der Waals surface area contributed by atoms with Gasteiger partial charge in [0.05, 0.1) is 0 Å². The molecule has 0 spiro atoms. The van der Waals surface area contributed by atoms with E-state index in [0.29, 0.717) is 0 Å². The molecule has 2 unspecified atom stereocenters. The third-order valence-electron chi connectivity index (χ3n) is 2.36. The van der Waals surface area contributed by atoms with Gasteiger partial charge >= 0.3 is 16.2 Å². The first-order valence-electron chi connectivity index (χ1n) is 4.34. The molecule has 1 aliphatic heterocycles. The summed E-state index contributed by atoms with van der Waals surface area (Å²) in [5.74, 6) is -2.13. The van der Waals surface area contributed by atoms with Crippen LogP contribution >= 0.6 is 12.6 Å². The highest BCUT2D eigenvalue weighted by atomic mass is 32.3. The van der Waals surface area contributed by atoms with Crippen molar-refractivity contribution in [2.24, 2.45) is 0 Å². The van der Waals surface area contributed by atoms with E-state index in [-0.39, 0.29) is 5.75 Å². The summed E-state index contributed by atoms with van der Waals surface area (Å²) in [4.78, 5) is 22.9. The van der Waals surface area contributed by atoms with E-state index in [1.54, 1.807) is 0 Å². The Labute approximate surface area is 97.0 Å². The highest BCUT2D eigenvalue weighted by molar-refractivity contribution is 7.87. The molecule has 0 saturated carbocycles. The van der Waals surface area contributed by atoms with E-state index >= 15 is 0 Å². The molecular weight excluding hydrogens is 261 g/mol. The molecule has 92 valence electrons. The summed E-state index contributed by atoms with van der Waals surface area (Å²) in [6.07, 6.45) is -0.517. The Morgan fingerprint density at radius 3 is 2.56 bits per heavy atom. The molecule has 2 atom stereocenters. The number of amides is 1. The second-order valence-electron chi connectivity index (χ2n) is 3.38. The lowest BCUT2D eigenvalue weighted by atomic mass is 10.3. The van der Waals surface area contributed by atoms with Crippen LogP contribution in [-0.2, 0) is 19.8 Å². The van der Waals surface area contributed by atoms with Gasteiger partial charge in [-0.05, 0) is 0 Å². The predicted octanol–water partition coefficient (Wildman–Crippen LogP) is -0.730. The second kappa shape index (κ2) is 4.58. The van der Waals surface area contributed by atoms with Gasteiger partial charge in [0.25, 0.3) is 0 Å². The van der Waals surface area contributed by atoms with Crippen LogP contribution in [0, 0.1) is 0 Å². The van der Waals surface area contributed by atoms with Crippen LogP contribution in [0.15, 0.2) is 0 Å². The molecule has 1 heterocycles. The number of likely N-dealkylation sites (tertiary alicyclic amines) is 1. The number of carboxylic acids is 1. The SMILES string of the molecule is O=C(O)C(CS)N1CC(S(=O)(=O)F)CC1=O. The number of nitrogens with zero attached hydrogens (tertiary/aromatic N) is 1. The Balaban J connectivity index is 2.86. The molecular formula is C7H10FNO5S2. The number of aliphatic carboxylic acids is 1. The third-order valence-corrected chi connectivity index (χ3v) is 3.81. The largest absolute Gasteiger partial charge is 0.480 e. The minimum absolute atomic E-state index is 0.153. The molecule has 0 aromatic rings. The summed E-state index contributed by atoms with van der Waals surface area (Å²) in [5, 5.41) is 7.28. The Bertz CT molecular complexity index is 409. The lowest BCUT2D eigenvalue weighted by Gasteiger charge is -2.22. The van der Waals surface area contributed by atoms with Gasteiger partial charge in [-0.3, -0.25) is 4.79 Å². The van der Waals surface area contributed by atoms with Gasteiger partial charge in [0, 0.05) is 18.7 Å². The molecule has 0 aliphatic carbocycles. The third kappa shape index (κ3) is 2.64. The normalized spacial score (nSPS) is 23.5. The summed E-state index contributed by atoms with van der Waals surface area (Å²) in [6.45, 7) is -0.435. The molecule has 0 radical (unpaired) electrons. The number of carbonyl (C=O) groups excluding carboxylic acids is 1. The van der Waals surface area contributed by atoms with Gasteiger partial charge in [-0.1, -0.05) is 0 Å². The molecule has 0 bridgehead atoms. The summed E-state index contributed by atoms with van der Waals surface area (Å²) < 4.78 is 33.8. The minimum Gasteiger partial charge on any atom is -0.480 e. The van der Waals surface area contributed by atoms with Crippen molar-refractivity contribution in [3.63, 3.8) is 0 Å². The van der Waals surface area contributed by atoms with Gasteiger partial charge in [0.2, 0.25) is 5.91 Å². The molecule has 9 heteroatoms. The molecule has 0 aromatic heterocycles. The van der Waals surface area contributed by atoms with E-state index < -0.39 is 46.4 Å². The van der Waals surface area contributed by atoms with E-state index in [9.17, 15) is 21.9 Å². The van der Waals surface area contributed by atoms with Gasteiger partial charge in [-0.25, -0.2) is 4.79 Å². The second-order valence-corrected chi connectivity index (χ2v) is 5.37. The first-order chi connectivity index (χ1) is 7.27. The molecule has 16 heavy (non-hydrogen) atoms. The Morgan fingerprint density at radius 2 is 2.25 bits per heavy atom. The number of rotatable bonds is 4. The maximum atomic E-state index is 12.6. The molecule has 1 amide bonds. The molecule has 1 fully saturated rings. The number of hydrogen-bond acceptors (Lipinski definition) is 5. The van der Waals surface area contributed by atoms with Crippen LogP contribution in [0.4, 0.5) is 3.89 Å². The average Bonchev–Trinajstić information content (AvgIpc) is 2.48. The first-order valence-corrected chi connectivity index (χ1v) is 6.42. The van der Waals surface area contributed by atoms with E-state index in [1.807, 2.05) is 0 Å². The van der Waals surface area contributed by atoms with Gasteiger partial charge in [0.15, 0.2) is 0 Å². The fourth-order valence-electron chi connectivity index (χ4n) is 1.50. The van der Waals surface area contributed by atoms with Crippen LogP contribution in [0.25, 0.3) is 0 Å². The maximum Gasteiger partial charge on any atom is 0.327 e. The van der Waals surface area contributed by atoms with E-state index in [0.717, 1.165) is 4.90 Å². The molecule has 1 rings (SSSR count). The standard InChI is InChI=1S/C7H10FNO5S2/c8-16(13,14)4-1-6(10)9(2-4)5(3-15)7(11)12/h4-5,15H,1-3H2,(H,11,12). The topological polar surface area (TPSA) is 91.8 Å². The van der Waals surface area contributed by atoms with Gasteiger partial charge in [-0.15, -0.1) is 3.89 Å². The molecule has 1 saturated heterocycles. The van der Waals surface area contributed by atoms with Crippen LogP contribution in [0.1, 0.15) is 6.42 Å². The van der Waals surface area contributed by atoms with Crippen molar-refractivity contribution in [1.82, 2.24) is 4.90 Å². The minimum atomic E-state index is -4.82. The smallest absolute Gasteiger partial charge is 0.327 e. The van der Waals surface area contributed by atoms with Crippen LogP contribution in [-0.4, -0.2) is 53.9 Å². The van der Waals surface area contributed by atoms with Crippen molar-refractivity contribution >= 4 is 34.7 Å². The molecule has 0 aromatic carbocycles. The zero-order valence-corrected chi connectivity index (χ0v) is 9.75. The number of halogens is 1. The summed E-state index contributed by atoms with van der Waals surface area (Å²) in [5.41, 5.74) is 0. The Morgan fingerprint density at radius 1 is 1.69 bits per heavy atom. The van der Waals surface area contributed by atoms with Crippen molar-refractivity contribution in [1.29, 1.82) is 0 Å². The Hall–Kier alpha value is -0.830. The molecule has 1 aliphatic rings. The van der Waals surface area contributed by atoms with Crippen LogP contribution < -0.4 is 0 Å². The molecule has 1 N–H and O–H groups in total. The fourth-order valence-corrected chi connectivity index (χ4v) is 2.53. The summed E-state index contributed by atoms with van der Waals surface area (Å²) in [6, 6.07) is -1.22. The van der Waals surface area contributed by atoms with Crippen molar-refractivity contribution in [2.75, 3.05) is 12.3 Å². The molecule has 6 nitrogen and oxygen atoms in total. The van der Waals surface area contributed by atoms with Gasteiger partial charge < -0.3 is 10.0 Å². The number of thiol groups is 1. The van der Waals surface area contributed by atoms with Crippen LogP contribution in [0.3, 0.4) is 0 Å². The predicted molar refractivity (Wildman–Crippen MR) is 55.4 cm³/mol. The zero-order chi connectivity index (χ0) is 12.5. The van der Waals surface area contributed by atoms with Crippen LogP contribution in [0.2, 0.25) is 0 Å². The van der Waals surface area contributed by atoms with Crippen molar-refractivity contribution < 1.29 is 27.0 Å². The lowest BCUT2D eigenvalue weighted by Crippen LogP contribution is -2.44. The number of carboxylic acid groups (broad SMARTS) is 1. The fraction of sp³-hybridized carbons (Fsp3) is 0.714. The van der Waals surface area contributed by atoms with Crippen molar-refractivity contribution in [3.05, 3.63) is 0 Å². The van der Waals surface area contributed by atoms with Crippen LogP contribution in [0.5, 0.6) is 0 Å². The van der Waals surface area contributed by atoms with E-state index in [4.69, 9.17) is 5.11 Å². The maximum absolute atomic E-state index is 12.6. The summed E-state index contributed by atoms with van der Waals surface area (Å²) in [7, 11) is -4.82. The van der Waals surface area contributed by atoms with Crippen molar-refractivity contribution in [2.45, 2.75) is 17.7 Å². The van der Waals surface area contributed by atoms with Gasteiger partial charge in [-0.2, -0.15) is 21.0 Å². The number of carbonyl (C=O) groups is 2. The number of hydrogen-bond donors (Lipinski definition) is 2. The highest BCUT2D eigenvalue weighted by Gasteiger charge is 2.42. The summed E-state index contributed by atoms with van der Waals surface area (Å²) >= 11 is 3.75. The van der Waals surface area contributed by atoms with E-state index in [1.165, 1.54) is 0 Å². The highest BCUT2D eigenvalue weighted by Crippen LogP contribution is 2.22.